The summed E-state index contributed by atoms with van der Waals surface area (Å²) in [6.07, 6.45) is 4.18. The van der Waals surface area contributed by atoms with Crippen LogP contribution in [0.3, 0.4) is 0 Å². The highest BCUT2D eigenvalue weighted by molar-refractivity contribution is 5.68. The Morgan fingerprint density at radius 3 is 2.67 bits per heavy atom. The van der Waals surface area contributed by atoms with Crippen LogP contribution in [-0.4, -0.2) is 26.0 Å². The Morgan fingerprint density at radius 1 is 1.11 bits per heavy atom. The Kier molecular flexibility index (Phi) is 2.55. The second kappa shape index (κ2) is 4.09. The summed E-state index contributed by atoms with van der Waals surface area (Å²) in [5.41, 5.74) is 5.70. The van der Waals surface area contributed by atoms with E-state index >= 15 is 0 Å². The van der Waals surface area contributed by atoms with Gasteiger partial charge in [-0.05, 0) is 12.8 Å². The van der Waals surface area contributed by atoms with Crippen molar-refractivity contribution in [1.82, 2.24) is 19.9 Å². The molecule has 1 fully saturated rings. The highest BCUT2D eigenvalue weighted by Gasteiger charge is 2.26. The van der Waals surface area contributed by atoms with Gasteiger partial charge in [0.25, 0.3) is 5.56 Å². The Morgan fingerprint density at radius 2 is 1.89 bits per heavy atom. The molecule has 96 valence electrons. The van der Waals surface area contributed by atoms with Gasteiger partial charge in [0, 0.05) is 12.0 Å². The molecule has 0 spiro atoms. The molecule has 0 aliphatic heterocycles. The minimum Gasteiger partial charge on any atom is -0.336 e. The van der Waals surface area contributed by atoms with E-state index in [-0.39, 0.29) is 12.0 Å². The van der Waals surface area contributed by atoms with E-state index in [1.807, 2.05) is 0 Å². The first-order valence-electron chi connectivity index (χ1n) is 6.13. The minimum absolute atomic E-state index is 0.0603. The number of imidazole rings is 1. The van der Waals surface area contributed by atoms with Crippen LogP contribution in [0.1, 0.15) is 37.4 Å². The van der Waals surface area contributed by atoms with Crippen LogP contribution in [0.2, 0.25) is 0 Å². The number of aromatic amines is 3. The second-order valence-corrected chi connectivity index (χ2v) is 4.81. The summed E-state index contributed by atoms with van der Waals surface area (Å²) in [7, 11) is 0. The lowest BCUT2D eigenvalue weighted by atomic mass is 9.84. The predicted octanol–water partition coefficient (Wildman–Crippen LogP) is -0.0756. The molecule has 0 radical (unpaired) electrons. The molecule has 2 heterocycles. The SMILES string of the molecule is NC1CCCCC1c1nc2[nH]c(=O)[nH]c(=O)c2[nH]1. The van der Waals surface area contributed by atoms with E-state index in [0.717, 1.165) is 25.7 Å². The standard InChI is InChI=1S/C11H15N5O2/c12-6-4-2-1-3-5(6)8-13-7-9(14-8)15-11(18)16-10(7)17/h5-6H,1-4,12H2,(H3,13,14,15,16,17,18). The lowest BCUT2D eigenvalue weighted by molar-refractivity contribution is 0.375. The highest BCUT2D eigenvalue weighted by Crippen LogP contribution is 2.30. The average molecular weight is 249 g/mol. The molecule has 1 saturated carbocycles. The van der Waals surface area contributed by atoms with Crippen LogP contribution in [0.15, 0.2) is 9.59 Å². The van der Waals surface area contributed by atoms with E-state index in [2.05, 4.69) is 19.9 Å². The maximum Gasteiger partial charge on any atom is 0.327 e. The van der Waals surface area contributed by atoms with Crippen molar-refractivity contribution < 1.29 is 0 Å². The summed E-state index contributed by atoms with van der Waals surface area (Å²) in [5, 5.41) is 0. The normalized spacial score (nSPS) is 24.5. The molecule has 2 aromatic rings. The zero-order valence-electron chi connectivity index (χ0n) is 9.82. The maximum absolute atomic E-state index is 11.6. The summed E-state index contributed by atoms with van der Waals surface area (Å²) in [6, 6.07) is 0.0603. The highest BCUT2D eigenvalue weighted by atomic mass is 16.2. The molecule has 1 aliphatic carbocycles. The molecule has 0 amide bonds. The van der Waals surface area contributed by atoms with Gasteiger partial charge in [-0.15, -0.1) is 0 Å². The van der Waals surface area contributed by atoms with Gasteiger partial charge in [-0.3, -0.25) is 14.8 Å². The molecule has 18 heavy (non-hydrogen) atoms. The Balaban J connectivity index is 2.10. The lowest BCUT2D eigenvalue weighted by Gasteiger charge is -2.26. The molecule has 2 atom stereocenters. The Labute approximate surface area is 102 Å². The molecular formula is C11H15N5O2. The van der Waals surface area contributed by atoms with Gasteiger partial charge in [-0.1, -0.05) is 12.8 Å². The van der Waals surface area contributed by atoms with E-state index < -0.39 is 11.2 Å². The summed E-state index contributed by atoms with van der Waals surface area (Å²) >= 11 is 0. The number of hydrogen-bond donors (Lipinski definition) is 4. The monoisotopic (exact) mass is 249 g/mol. The van der Waals surface area contributed by atoms with E-state index in [4.69, 9.17) is 5.73 Å². The van der Waals surface area contributed by atoms with Gasteiger partial charge in [0.2, 0.25) is 0 Å². The van der Waals surface area contributed by atoms with Gasteiger partial charge in [0.15, 0.2) is 5.65 Å². The van der Waals surface area contributed by atoms with E-state index in [1.165, 1.54) is 0 Å². The zero-order chi connectivity index (χ0) is 12.7. The average Bonchev–Trinajstić information content (AvgIpc) is 2.73. The molecule has 2 aromatic heterocycles. The van der Waals surface area contributed by atoms with Crippen LogP contribution in [0, 0.1) is 0 Å². The minimum atomic E-state index is -0.543. The fraction of sp³-hybridized carbons (Fsp3) is 0.545. The molecule has 3 rings (SSSR count). The van der Waals surface area contributed by atoms with E-state index in [0.29, 0.717) is 17.0 Å². The van der Waals surface area contributed by atoms with Gasteiger partial charge < -0.3 is 10.7 Å². The van der Waals surface area contributed by atoms with Crippen molar-refractivity contribution >= 4 is 11.2 Å². The van der Waals surface area contributed by atoms with Crippen LogP contribution >= 0.6 is 0 Å². The van der Waals surface area contributed by atoms with Crippen LogP contribution in [0.4, 0.5) is 0 Å². The summed E-state index contributed by atoms with van der Waals surface area (Å²) in [6.45, 7) is 0. The summed E-state index contributed by atoms with van der Waals surface area (Å²) < 4.78 is 0. The smallest absolute Gasteiger partial charge is 0.327 e. The molecule has 7 nitrogen and oxygen atoms in total. The van der Waals surface area contributed by atoms with E-state index in [1.54, 1.807) is 0 Å². The number of nitrogens with two attached hydrogens (primary N) is 1. The molecule has 2 unspecified atom stereocenters. The summed E-state index contributed by atoms with van der Waals surface area (Å²) in [4.78, 5) is 34.7. The van der Waals surface area contributed by atoms with Gasteiger partial charge >= 0.3 is 5.69 Å². The lowest BCUT2D eigenvalue weighted by Crippen LogP contribution is -2.32. The van der Waals surface area contributed by atoms with Crippen molar-refractivity contribution in [1.29, 1.82) is 0 Å². The number of fused-ring (bicyclic) bond motifs is 1. The summed E-state index contributed by atoms with van der Waals surface area (Å²) in [5.74, 6) is 0.832. The van der Waals surface area contributed by atoms with Gasteiger partial charge in [0.05, 0.1) is 0 Å². The molecule has 0 saturated heterocycles. The van der Waals surface area contributed by atoms with Crippen molar-refractivity contribution in [3.05, 3.63) is 26.7 Å². The number of H-pyrrole nitrogens is 3. The van der Waals surface area contributed by atoms with Crippen LogP contribution in [0.25, 0.3) is 11.2 Å². The Bertz CT molecular complexity index is 683. The number of nitrogens with one attached hydrogen (secondary N) is 3. The third-order valence-corrected chi connectivity index (χ3v) is 3.58. The van der Waals surface area contributed by atoms with Crippen molar-refractivity contribution in [2.75, 3.05) is 0 Å². The van der Waals surface area contributed by atoms with Crippen molar-refractivity contribution in [2.24, 2.45) is 5.73 Å². The predicted molar refractivity (Wildman–Crippen MR) is 66.5 cm³/mol. The largest absolute Gasteiger partial charge is 0.336 e. The van der Waals surface area contributed by atoms with Gasteiger partial charge in [-0.2, -0.15) is 0 Å². The third-order valence-electron chi connectivity index (χ3n) is 3.58. The first kappa shape index (κ1) is 11.2. The zero-order valence-corrected chi connectivity index (χ0v) is 9.82. The number of nitrogens with zero attached hydrogens (tertiary/aromatic N) is 1. The molecule has 1 aliphatic rings. The molecular weight excluding hydrogens is 234 g/mol. The third kappa shape index (κ3) is 1.76. The fourth-order valence-electron chi connectivity index (χ4n) is 2.63. The van der Waals surface area contributed by atoms with Crippen molar-refractivity contribution in [3.63, 3.8) is 0 Å². The second-order valence-electron chi connectivity index (χ2n) is 4.81. The quantitative estimate of drug-likeness (QED) is 0.565. The number of hydrogen-bond acceptors (Lipinski definition) is 4. The molecule has 5 N–H and O–H groups in total. The molecule has 7 heteroatoms. The topological polar surface area (TPSA) is 120 Å². The van der Waals surface area contributed by atoms with Gasteiger partial charge in [-0.25, -0.2) is 9.78 Å². The number of aromatic nitrogens is 4. The van der Waals surface area contributed by atoms with Crippen molar-refractivity contribution in [2.45, 2.75) is 37.6 Å². The van der Waals surface area contributed by atoms with Crippen LogP contribution in [-0.2, 0) is 0 Å². The molecule has 0 bridgehead atoms. The fourth-order valence-corrected chi connectivity index (χ4v) is 2.63. The van der Waals surface area contributed by atoms with E-state index in [9.17, 15) is 9.59 Å². The van der Waals surface area contributed by atoms with Crippen LogP contribution in [0.5, 0.6) is 0 Å². The van der Waals surface area contributed by atoms with Gasteiger partial charge in [0.1, 0.15) is 11.3 Å². The molecule has 0 aromatic carbocycles. The van der Waals surface area contributed by atoms with Crippen molar-refractivity contribution in [3.8, 4) is 0 Å². The van der Waals surface area contributed by atoms with Crippen LogP contribution < -0.4 is 17.0 Å². The number of rotatable bonds is 1. The first-order valence-corrected chi connectivity index (χ1v) is 6.13. The first-order chi connectivity index (χ1) is 8.65. The Hall–Kier alpha value is -1.89. The maximum atomic E-state index is 11.6.